The van der Waals surface area contributed by atoms with Gasteiger partial charge in [-0.25, -0.2) is 0 Å². The van der Waals surface area contributed by atoms with Gasteiger partial charge in [-0.15, -0.1) is 0 Å². The van der Waals surface area contributed by atoms with E-state index in [4.69, 9.17) is 23.7 Å². The molecule has 0 bridgehead atoms. The summed E-state index contributed by atoms with van der Waals surface area (Å²) in [4.78, 5) is 0. The van der Waals surface area contributed by atoms with Gasteiger partial charge in [0, 0.05) is 0 Å². The Kier molecular flexibility index (Phi) is 2.75. The molecule has 1 N–H and O–H groups in total. The summed E-state index contributed by atoms with van der Waals surface area (Å²) in [5.74, 6) is -1.41. The van der Waals surface area contributed by atoms with E-state index in [1.165, 1.54) is 0 Å². The van der Waals surface area contributed by atoms with Crippen molar-refractivity contribution in [2.45, 2.75) is 70.0 Å². The fraction of sp³-hybridized carbons (Fsp3) is 1.00. The van der Waals surface area contributed by atoms with Crippen LogP contribution in [0.2, 0.25) is 0 Å². The number of fused-ring (bicyclic) bond motifs is 3. The zero-order valence-corrected chi connectivity index (χ0v) is 11.1. The predicted molar refractivity (Wildman–Crippen MR) is 59.6 cm³/mol. The summed E-state index contributed by atoms with van der Waals surface area (Å²) in [6, 6.07) is 0. The fourth-order valence-corrected chi connectivity index (χ4v) is 2.76. The van der Waals surface area contributed by atoms with Gasteiger partial charge in [0.05, 0.1) is 6.61 Å². The molecule has 0 saturated carbocycles. The van der Waals surface area contributed by atoms with Gasteiger partial charge in [0.25, 0.3) is 0 Å². The minimum atomic E-state index is -1.01. The molecule has 0 aromatic heterocycles. The molecule has 0 aromatic carbocycles. The van der Waals surface area contributed by atoms with Gasteiger partial charge in [0.15, 0.2) is 17.9 Å². The van der Waals surface area contributed by atoms with E-state index in [0.717, 1.165) is 0 Å². The van der Waals surface area contributed by atoms with Crippen molar-refractivity contribution in [3.8, 4) is 0 Å². The SMILES string of the molecule is CC1(C)OCC2O[C@@H](O)C3OC(C)(C)O[C@H]3[C@@H]2O1. The molecule has 6 nitrogen and oxygen atoms in total. The normalized spacial score (nSPS) is 49.5. The van der Waals surface area contributed by atoms with E-state index in [-0.39, 0.29) is 18.3 Å². The van der Waals surface area contributed by atoms with Crippen molar-refractivity contribution in [3.05, 3.63) is 0 Å². The molecule has 5 atom stereocenters. The molecule has 3 rings (SSSR count). The van der Waals surface area contributed by atoms with E-state index >= 15 is 0 Å². The van der Waals surface area contributed by atoms with E-state index in [2.05, 4.69) is 0 Å². The van der Waals surface area contributed by atoms with E-state index in [0.29, 0.717) is 6.61 Å². The molecule has 3 heterocycles. The highest BCUT2D eigenvalue weighted by Crippen LogP contribution is 2.41. The van der Waals surface area contributed by atoms with Crippen LogP contribution < -0.4 is 0 Å². The lowest BCUT2D eigenvalue weighted by atomic mass is 9.98. The Hall–Kier alpha value is -0.240. The van der Waals surface area contributed by atoms with Gasteiger partial charge in [0.1, 0.15) is 24.4 Å². The first-order chi connectivity index (χ1) is 8.27. The molecule has 3 aliphatic heterocycles. The molecular weight excluding hydrogens is 240 g/mol. The van der Waals surface area contributed by atoms with Gasteiger partial charge in [-0.3, -0.25) is 0 Å². The Bertz CT molecular complexity index is 341. The van der Waals surface area contributed by atoms with Crippen LogP contribution in [-0.2, 0) is 23.7 Å². The van der Waals surface area contributed by atoms with E-state index in [1.54, 1.807) is 0 Å². The molecule has 3 aliphatic rings. The molecule has 104 valence electrons. The number of ether oxygens (including phenoxy) is 5. The van der Waals surface area contributed by atoms with E-state index < -0.39 is 24.0 Å². The average Bonchev–Trinajstić information content (AvgIpc) is 2.56. The highest BCUT2D eigenvalue weighted by molar-refractivity contribution is 4.98. The molecule has 0 amide bonds. The number of hydrogen-bond acceptors (Lipinski definition) is 6. The summed E-state index contributed by atoms with van der Waals surface area (Å²) in [5, 5.41) is 9.94. The first kappa shape index (κ1) is 12.8. The zero-order valence-electron chi connectivity index (χ0n) is 11.1. The standard InChI is InChI=1S/C12H20O6/c1-11(2)14-5-6-7(16-11)8-9(10(13)15-6)18-12(3,4)17-8/h6-10,13H,5H2,1-4H3/t6?,7-,8+,9?,10-/m1/s1. The van der Waals surface area contributed by atoms with Crippen LogP contribution in [0.5, 0.6) is 0 Å². The summed E-state index contributed by atoms with van der Waals surface area (Å²) < 4.78 is 28.4. The molecule has 0 aliphatic carbocycles. The third kappa shape index (κ3) is 2.07. The number of aliphatic hydroxyl groups excluding tert-OH is 1. The maximum atomic E-state index is 9.94. The van der Waals surface area contributed by atoms with Gasteiger partial charge in [-0.2, -0.15) is 0 Å². The second-order valence-corrected chi connectivity index (χ2v) is 5.92. The highest BCUT2D eigenvalue weighted by atomic mass is 16.8. The van der Waals surface area contributed by atoms with Crippen molar-refractivity contribution in [1.29, 1.82) is 0 Å². The third-order valence-corrected chi connectivity index (χ3v) is 3.46. The van der Waals surface area contributed by atoms with Gasteiger partial charge < -0.3 is 28.8 Å². The van der Waals surface area contributed by atoms with Crippen LogP contribution in [0.3, 0.4) is 0 Å². The van der Waals surface area contributed by atoms with Crippen molar-refractivity contribution in [2.75, 3.05) is 6.61 Å². The van der Waals surface area contributed by atoms with Crippen LogP contribution in [0.1, 0.15) is 27.7 Å². The van der Waals surface area contributed by atoms with Crippen LogP contribution in [-0.4, -0.2) is 54.0 Å². The Labute approximate surface area is 106 Å². The van der Waals surface area contributed by atoms with Crippen molar-refractivity contribution in [2.24, 2.45) is 0 Å². The van der Waals surface area contributed by atoms with Gasteiger partial charge in [-0.1, -0.05) is 0 Å². The van der Waals surface area contributed by atoms with Crippen molar-refractivity contribution >= 4 is 0 Å². The molecular formula is C12H20O6. The molecule has 0 spiro atoms. The van der Waals surface area contributed by atoms with E-state index in [9.17, 15) is 5.11 Å². The van der Waals surface area contributed by atoms with Crippen LogP contribution in [0.25, 0.3) is 0 Å². The van der Waals surface area contributed by atoms with Crippen LogP contribution in [0, 0.1) is 0 Å². The summed E-state index contributed by atoms with van der Waals surface area (Å²) in [7, 11) is 0. The van der Waals surface area contributed by atoms with Gasteiger partial charge >= 0.3 is 0 Å². The summed E-state index contributed by atoms with van der Waals surface area (Å²) >= 11 is 0. The van der Waals surface area contributed by atoms with Crippen molar-refractivity contribution < 1.29 is 28.8 Å². The lowest BCUT2D eigenvalue weighted by Crippen LogP contribution is -2.63. The smallest absolute Gasteiger partial charge is 0.184 e. The second-order valence-electron chi connectivity index (χ2n) is 5.92. The van der Waals surface area contributed by atoms with Crippen molar-refractivity contribution in [3.63, 3.8) is 0 Å². The van der Waals surface area contributed by atoms with Crippen LogP contribution >= 0.6 is 0 Å². The number of rotatable bonds is 0. The minimum Gasteiger partial charge on any atom is -0.366 e. The minimum absolute atomic E-state index is 0.288. The number of aliphatic hydroxyl groups is 1. The Morgan fingerprint density at radius 1 is 0.889 bits per heavy atom. The highest BCUT2D eigenvalue weighted by Gasteiger charge is 2.58. The molecule has 0 aromatic rings. The summed E-state index contributed by atoms with van der Waals surface area (Å²) in [6.45, 7) is 7.71. The van der Waals surface area contributed by atoms with Gasteiger partial charge in [0.2, 0.25) is 0 Å². The second kappa shape index (κ2) is 3.88. The fourth-order valence-electron chi connectivity index (χ4n) is 2.76. The maximum Gasteiger partial charge on any atom is 0.184 e. The van der Waals surface area contributed by atoms with E-state index in [1.807, 2.05) is 27.7 Å². The monoisotopic (exact) mass is 260 g/mol. The first-order valence-electron chi connectivity index (χ1n) is 6.28. The maximum absolute atomic E-state index is 9.94. The molecule has 2 unspecified atom stereocenters. The van der Waals surface area contributed by atoms with Crippen molar-refractivity contribution in [1.82, 2.24) is 0 Å². The lowest BCUT2D eigenvalue weighted by molar-refractivity contribution is -0.365. The topological polar surface area (TPSA) is 66.4 Å². The van der Waals surface area contributed by atoms with Crippen LogP contribution in [0.15, 0.2) is 0 Å². The first-order valence-corrected chi connectivity index (χ1v) is 6.28. The lowest BCUT2D eigenvalue weighted by Gasteiger charge is -2.47. The molecule has 3 saturated heterocycles. The van der Waals surface area contributed by atoms with Gasteiger partial charge in [-0.05, 0) is 27.7 Å². The Morgan fingerprint density at radius 3 is 2.22 bits per heavy atom. The summed E-state index contributed by atoms with van der Waals surface area (Å²) in [6.07, 6.45) is -2.48. The Morgan fingerprint density at radius 2 is 1.50 bits per heavy atom. The summed E-state index contributed by atoms with van der Waals surface area (Å²) in [5.41, 5.74) is 0. The largest absolute Gasteiger partial charge is 0.366 e. The Balaban J connectivity index is 1.84. The number of hydrogen-bond donors (Lipinski definition) is 1. The predicted octanol–water partition coefficient (Wildman–Crippen LogP) is 0.375. The third-order valence-electron chi connectivity index (χ3n) is 3.46. The van der Waals surface area contributed by atoms with Crippen LogP contribution in [0.4, 0.5) is 0 Å². The molecule has 6 heteroatoms. The average molecular weight is 260 g/mol. The molecule has 0 radical (unpaired) electrons. The molecule has 3 fully saturated rings. The quantitative estimate of drug-likeness (QED) is 0.679. The molecule has 18 heavy (non-hydrogen) atoms. The zero-order chi connectivity index (χ0) is 13.1.